The van der Waals surface area contributed by atoms with Gasteiger partial charge in [0, 0.05) is 10.5 Å². The molecule has 0 aliphatic rings. The van der Waals surface area contributed by atoms with E-state index in [2.05, 4.69) is 25.3 Å². The molecule has 0 aliphatic carbocycles. The number of carbonyl (C=O) groups excluding carboxylic acids is 2. The van der Waals surface area contributed by atoms with Gasteiger partial charge in [-0.3, -0.25) is 0 Å². The summed E-state index contributed by atoms with van der Waals surface area (Å²) in [5, 5.41) is 18.3. The van der Waals surface area contributed by atoms with Crippen LogP contribution in [0.15, 0.2) is 0 Å². The predicted octanol–water partition coefficient (Wildman–Crippen LogP) is -8.13. The average Bonchev–Trinajstić information content (AvgIpc) is 1.98. The van der Waals surface area contributed by atoms with Crippen LogP contribution in [0.4, 0.5) is 0 Å². The van der Waals surface area contributed by atoms with Crippen LogP contribution in [-0.2, 0) is 9.59 Å². The second kappa shape index (κ2) is 12.4. The molecular formula is C6H8K2O4S2. The van der Waals surface area contributed by atoms with E-state index in [1.165, 1.54) is 0 Å². The molecule has 0 aliphatic heterocycles. The molecule has 0 heterocycles. The Labute approximate surface area is 179 Å². The zero-order valence-electron chi connectivity index (χ0n) is 8.10. The van der Waals surface area contributed by atoms with Crippen LogP contribution in [-0.4, -0.2) is 22.4 Å². The van der Waals surface area contributed by atoms with Crippen LogP contribution in [0.25, 0.3) is 0 Å². The number of hydrogen-bond donors (Lipinski definition) is 2. The van der Waals surface area contributed by atoms with E-state index in [1.807, 2.05) is 0 Å². The molecule has 0 rings (SSSR count). The van der Waals surface area contributed by atoms with Gasteiger partial charge < -0.3 is 19.8 Å². The molecule has 2 atom stereocenters. The summed E-state index contributed by atoms with van der Waals surface area (Å²) in [7, 11) is 0. The zero-order valence-corrected chi connectivity index (χ0v) is 16.1. The molecule has 0 radical (unpaired) electrons. The number of rotatable bonds is 5. The molecule has 70 valence electrons. The first-order valence-corrected chi connectivity index (χ1v) is 4.26. The minimum absolute atomic E-state index is 0. The van der Waals surface area contributed by atoms with Crippen molar-refractivity contribution in [2.24, 2.45) is 0 Å². The minimum Gasteiger partial charge on any atom is -0.549 e. The first-order chi connectivity index (χ1) is 5.45. The molecule has 14 heavy (non-hydrogen) atoms. The van der Waals surface area contributed by atoms with Crippen molar-refractivity contribution in [1.82, 2.24) is 0 Å². The van der Waals surface area contributed by atoms with Crippen molar-refractivity contribution in [2.75, 3.05) is 0 Å². The fourth-order valence-corrected chi connectivity index (χ4v) is 0.850. The number of thiol groups is 2. The molecular weight excluding hydrogens is 278 g/mol. The van der Waals surface area contributed by atoms with Gasteiger partial charge in [0.2, 0.25) is 0 Å². The van der Waals surface area contributed by atoms with Crippen LogP contribution in [0.5, 0.6) is 0 Å². The van der Waals surface area contributed by atoms with Crippen molar-refractivity contribution in [1.29, 1.82) is 0 Å². The van der Waals surface area contributed by atoms with E-state index in [-0.39, 0.29) is 116 Å². The summed E-state index contributed by atoms with van der Waals surface area (Å²) in [6.07, 6.45) is 0.210. The van der Waals surface area contributed by atoms with Crippen molar-refractivity contribution < 1.29 is 123 Å². The summed E-state index contributed by atoms with van der Waals surface area (Å²) < 4.78 is 0. The van der Waals surface area contributed by atoms with E-state index in [9.17, 15) is 19.8 Å². The van der Waals surface area contributed by atoms with Crippen LogP contribution >= 0.6 is 25.3 Å². The summed E-state index contributed by atoms with van der Waals surface area (Å²) in [4.78, 5) is 20.2. The number of carboxylic acid groups (broad SMARTS) is 2. The van der Waals surface area contributed by atoms with Gasteiger partial charge >= 0.3 is 103 Å². The first kappa shape index (κ1) is 22.1. The number of carboxylic acids is 2. The second-order valence-electron chi connectivity index (χ2n) is 2.25. The Morgan fingerprint density at radius 2 is 1.14 bits per heavy atom. The molecule has 0 amide bonds. The topological polar surface area (TPSA) is 80.3 Å². The third-order valence-corrected chi connectivity index (χ3v) is 2.20. The third-order valence-electron chi connectivity index (χ3n) is 1.26. The van der Waals surface area contributed by atoms with E-state index < -0.39 is 22.4 Å². The molecule has 0 aromatic rings. The molecule has 0 spiro atoms. The monoisotopic (exact) mass is 286 g/mol. The van der Waals surface area contributed by atoms with Gasteiger partial charge in [-0.25, -0.2) is 0 Å². The zero-order chi connectivity index (χ0) is 9.72. The fourth-order valence-electron chi connectivity index (χ4n) is 0.551. The molecule has 2 unspecified atom stereocenters. The first-order valence-electron chi connectivity index (χ1n) is 3.23. The smallest absolute Gasteiger partial charge is 0.549 e. The van der Waals surface area contributed by atoms with Gasteiger partial charge in [0.1, 0.15) is 0 Å². The summed E-state index contributed by atoms with van der Waals surface area (Å²) in [6, 6.07) is 0. The van der Waals surface area contributed by atoms with Gasteiger partial charge in [0.25, 0.3) is 0 Å². The van der Waals surface area contributed by atoms with Crippen molar-refractivity contribution in [3.05, 3.63) is 0 Å². The van der Waals surface area contributed by atoms with E-state index in [4.69, 9.17) is 0 Å². The maximum atomic E-state index is 10.1. The summed E-state index contributed by atoms with van der Waals surface area (Å²) >= 11 is 7.32. The van der Waals surface area contributed by atoms with Gasteiger partial charge in [-0.05, 0) is 12.8 Å². The molecule has 0 N–H and O–H groups in total. The maximum absolute atomic E-state index is 10.1. The Morgan fingerprint density at radius 3 is 1.29 bits per heavy atom. The van der Waals surface area contributed by atoms with Gasteiger partial charge in [-0.2, -0.15) is 25.3 Å². The molecule has 0 aromatic heterocycles. The molecule has 0 saturated heterocycles. The van der Waals surface area contributed by atoms with Crippen molar-refractivity contribution in [2.45, 2.75) is 23.3 Å². The largest absolute Gasteiger partial charge is 1.00 e. The van der Waals surface area contributed by atoms with E-state index in [1.54, 1.807) is 0 Å². The molecule has 0 saturated carbocycles. The van der Waals surface area contributed by atoms with Crippen LogP contribution in [0, 0.1) is 0 Å². The van der Waals surface area contributed by atoms with Gasteiger partial charge in [0.05, 0.1) is 11.9 Å². The Bertz CT molecular complexity index is 171. The predicted molar refractivity (Wildman–Crippen MR) is 44.8 cm³/mol. The summed E-state index contributed by atoms with van der Waals surface area (Å²) in [6.45, 7) is 0. The van der Waals surface area contributed by atoms with Crippen LogP contribution < -0.4 is 113 Å². The van der Waals surface area contributed by atoms with Crippen LogP contribution in [0.1, 0.15) is 12.8 Å². The van der Waals surface area contributed by atoms with Crippen molar-refractivity contribution >= 4 is 37.2 Å². The van der Waals surface area contributed by atoms with Crippen molar-refractivity contribution in [3.63, 3.8) is 0 Å². The minimum atomic E-state index is -1.31. The molecule has 4 nitrogen and oxygen atoms in total. The standard InChI is InChI=1S/C6H10O4S2.2K/c7-5(8)3(11)1-2-4(12)6(9)10;;/h3-4,11-12H,1-2H2,(H,7,8)(H,9,10);;/q;2*+1/p-2. The van der Waals surface area contributed by atoms with E-state index in [0.717, 1.165) is 0 Å². The molecule has 8 heteroatoms. The van der Waals surface area contributed by atoms with Gasteiger partial charge in [0.15, 0.2) is 0 Å². The normalized spacial score (nSPS) is 13.0. The van der Waals surface area contributed by atoms with Gasteiger partial charge in [-0.15, -0.1) is 0 Å². The molecule has 0 aromatic carbocycles. The Hall–Kier alpha value is 2.91. The number of aliphatic carboxylic acids is 2. The Morgan fingerprint density at radius 1 is 0.929 bits per heavy atom. The fraction of sp³-hybridized carbons (Fsp3) is 0.667. The summed E-state index contributed by atoms with van der Waals surface area (Å²) in [5.74, 6) is -2.62. The van der Waals surface area contributed by atoms with Crippen LogP contribution in [0.2, 0.25) is 0 Å². The SMILES string of the molecule is O=C([O-])C(S)CCC(S)C(=O)[O-].[K+].[K+]. The Kier molecular flexibility index (Phi) is 19.6. The molecule has 0 fully saturated rings. The third kappa shape index (κ3) is 11.4. The number of carbonyl (C=O) groups is 2. The quantitative estimate of drug-likeness (QED) is 0.389. The van der Waals surface area contributed by atoms with Crippen LogP contribution in [0.3, 0.4) is 0 Å². The Balaban J connectivity index is -0.000000605. The molecule has 0 bridgehead atoms. The van der Waals surface area contributed by atoms with Gasteiger partial charge in [-0.1, -0.05) is 0 Å². The number of hydrogen-bond acceptors (Lipinski definition) is 6. The second-order valence-corrected chi connectivity index (χ2v) is 3.49. The van der Waals surface area contributed by atoms with E-state index in [0.29, 0.717) is 0 Å². The average molecular weight is 286 g/mol. The maximum Gasteiger partial charge on any atom is 1.00 e. The summed E-state index contributed by atoms with van der Waals surface area (Å²) in [5.41, 5.74) is 0. The van der Waals surface area contributed by atoms with E-state index >= 15 is 0 Å². The van der Waals surface area contributed by atoms with Crippen molar-refractivity contribution in [3.8, 4) is 0 Å².